The average molecular weight is 745 g/mol. The minimum Gasteiger partial charge on any atom is -0.370 e. The van der Waals surface area contributed by atoms with E-state index in [2.05, 4.69) is 47.5 Å². The first-order chi connectivity index (χ1) is 25.4. The zero-order valence-corrected chi connectivity index (χ0v) is 31.7. The van der Waals surface area contributed by atoms with Gasteiger partial charge in [0.2, 0.25) is 5.91 Å². The van der Waals surface area contributed by atoms with Gasteiger partial charge in [0.25, 0.3) is 0 Å². The van der Waals surface area contributed by atoms with Gasteiger partial charge >= 0.3 is 24.1 Å². The van der Waals surface area contributed by atoms with E-state index in [0.717, 1.165) is 42.1 Å². The Kier molecular flexibility index (Phi) is 21.1. The highest BCUT2D eigenvalue weighted by atomic mass is 16.2. The summed E-state index contributed by atoms with van der Waals surface area (Å²) in [7, 11) is 0. The van der Waals surface area contributed by atoms with Gasteiger partial charge in [-0.15, -0.1) is 0 Å². The van der Waals surface area contributed by atoms with Crippen LogP contribution in [0.5, 0.6) is 0 Å². The molecule has 0 saturated heterocycles. The lowest BCUT2D eigenvalue weighted by Gasteiger charge is -2.25. The zero-order valence-electron chi connectivity index (χ0n) is 31.7. The van der Waals surface area contributed by atoms with Crippen LogP contribution in [0.1, 0.15) is 77.7 Å². The van der Waals surface area contributed by atoms with Crippen LogP contribution in [-0.4, -0.2) is 98.5 Å². The highest BCUT2D eigenvalue weighted by molar-refractivity contribution is 5.83. The van der Waals surface area contributed by atoms with E-state index in [0.29, 0.717) is 45.3 Å². The number of nitrogens with one attached hydrogen (secondary N) is 9. The SMILES string of the molecule is CCNC(=O)N[C@@H](CCCCN)CNC(=O)N[C@H](CNC(=O)N[C@@H](CCCCN)CNC(=O)N[C@H](CCC(N)=O)C(C)C)Cc1c[nH]c2ccccc12. The summed E-state index contributed by atoms with van der Waals surface area (Å²) in [5, 5.41) is 24.1. The van der Waals surface area contributed by atoms with E-state index in [-0.39, 0.29) is 50.1 Å². The summed E-state index contributed by atoms with van der Waals surface area (Å²) in [6, 6.07) is 4.79. The largest absolute Gasteiger partial charge is 0.370 e. The summed E-state index contributed by atoms with van der Waals surface area (Å²) in [4.78, 5) is 66.0. The van der Waals surface area contributed by atoms with Gasteiger partial charge in [0.05, 0.1) is 6.04 Å². The van der Waals surface area contributed by atoms with Crippen molar-refractivity contribution in [2.24, 2.45) is 23.1 Å². The van der Waals surface area contributed by atoms with E-state index in [1.165, 1.54) is 0 Å². The molecular weight excluding hydrogens is 680 g/mol. The molecule has 0 fully saturated rings. The summed E-state index contributed by atoms with van der Waals surface area (Å²) < 4.78 is 0. The van der Waals surface area contributed by atoms with Gasteiger partial charge in [0.1, 0.15) is 0 Å². The first kappa shape index (κ1) is 44.4. The number of nitrogens with two attached hydrogens (primary N) is 3. The number of amides is 9. The van der Waals surface area contributed by atoms with Crippen molar-refractivity contribution < 1.29 is 24.0 Å². The van der Waals surface area contributed by atoms with Crippen LogP contribution in [-0.2, 0) is 11.2 Å². The van der Waals surface area contributed by atoms with E-state index in [4.69, 9.17) is 17.2 Å². The molecule has 1 aromatic heterocycles. The number of aromatic nitrogens is 1. The van der Waals surface area contributed by atoms with Crippen LogP contribution < -0.4 is 59.7 Å². The number of carbonyl (C=O) groups excluding carboxylic acids is 5. The maximum atomic E-state index is 13.2. The van der Waals surface area contributed by atoms with Crippen LogP contribution in [0.4, 0.5) is 19.2 Å². The molecule has 0 aliphatic heterocycles. The van der Waals surface area contributed by atoms with Crippen molar-refractivity contribution in [3.05, 3.63) is 36.0 Å². The Balaban J connectivity index is 2.07. The van der Waals surface area contributed by atoms with Gasteiger partial charge in [-0.3, -0.25) is 4.79 Å². The fourth-order valence-electron chi connectivity index (χ4n) is 5.87. The van der Waals surface area contributed by atoms with Gasteiger partial charge in [-0.05, 0) is 76.1 Å². The van der Waals surface area contributed by atoms with Crippen molar-refractivity contribution >= 4 is 40.9 Å². The molecule has 1 heterocycles. The van der Waals surface area contributed by atoms with E-state index in [1.807, 2.05) is 51.2 Å². The number of primary amides is 1. The summed E-state index contributed by atoms with van der Waals surface area (Å²) in [6.07, 6.45) is 7.22. The number of unbranched alkanes of at least 4 members (excludes halogenated alkanes) is 2. The highest BCUT2D eigenvalue weighted by Gasteiger charge is 2.21. The fraction of sp³-hybridized carbons (Fsp3) is 0.639. The average Bonchev–Trinajstić information content (AvgIpc) is 3.52. The van der Waals surface area contributed by atoms with Crippen molar-refractivity contribution in [3.8, 4) is 0 Å². The molecule has 0 radical (unpaired) electrons. The van der Waals surface area contributed by atoms with E-state index in [1.54, 1.807) is 0 Å². The number of hydrogen-bond donors (Lipinski definition) is 12. The molecule has 298 valence electrons. The number of urea groups is 4. The van der Waals surface area contributed by atoms with Crippen molar-refractivity contribution in [2.75, 3.05) is 39.3 Å². The van der Waals surface area contributed by atoms with Crippen LogP contribution in [0.25, 0.3) is 10.9 Å². The molecule has 2 aromatic rings. The normalized spacial score (nSPS) is 13.3. The zero-order chi connectivity index (χ0) is 39.0. The number of rotatable bonds is 25. The van der Waals surface area contributed by atoms with Crippen LogP contribution in [0, 0.1) is 5.92 Å². The standard InChI is InChI=1S/C36H64N12O5/c1-4-40-33(50)45-26(11-7-9-17-37)21-42-35(52)47-28(19-25-20-41-31-14-6-5-13-29(25)31)23-44-34(51)46-27(12-8-10-18-38)22-43-36(53)48-30(24(2)3)15-16-32(39)49/h5-6,13-14,20,24,26-28,30,41H,4,7-12,15-19,21-23,37-38H2,1-3H3,(H2,39,49)(H2,40,45,50)(H2,42,47,52)(H2,43,48,53)(H2,44,46,51)/t26-,27-,28-,30+/m0/s1. The molecule has 2 rings (SSSR count). The maximum Gasteiger partial charge on any atom is 0.315 e. The first-order valence-electron chi connectivity index (χ1n) is 18.9. The lowest BCUT2D eigenvalue weighted by atomic mass is 9.99. The molecule has 9 amide bonds. The van der Waals surface area contributed by atoms with Gasteiger partial charge in [-0.2, -0.15) is 0 Å². The molecule has 4 atom stereocenters. The monoisotopic (exact) mass is 745 g/mol. The topological polar surface area (TPSA) is 275 Å². The lowest BCUT2D eigenvalue weighted by Crippen LogP contribution is -2.54. The number of hydrogen-bond acceptors (Lipinski definition) is 7. The van der Waals surface area contributed by atoms with Gasteiger partial charge in [-0.1, -0.05) is 44.9 Å². The Labute approximate surface area is 313 Å². The third-order valence-corrected chi connectivity index (χ3v) is 8.85. The van der Waals surface area contributed by atoms with Gasteiger partial charge in [-0.25, -0.2) is 19.2 Å². The minimum atomic E-state index is -0.500. The molecule has 0 aliphatic rings. The molecule has 15 N–H and O–H groups in total. The van der Waals surface area contributed by atoms with Crippen LogP contribution in [0.2, 0.25) is 0 Å². The number of aromatic amines is 1. The number of para-hydroxylation sites is 1. The molecular formula is C36H64N12O5. The molecule has 0 unspecified atom stereocenters. The molecule has 53 heavy (non-hydrogen) atoms. The fourth-order valence-corrected chi connectivity index (χ4v) is 5.87. The van der Waals surface area contributed by atoms with Crippen molar-refractivity contribution in [3.63, 3.8) is 0 Å². The summed E-state index contributed by atoms with van der Waals surface area (Å²) in [5.41, 5.74) is 18.6. The molecule has 0 bridgehead atoms. The summed E-state index contributed by atoms with van der Waals surface area (Å²) in [5.74, 6) is -0.343. The smallest absolute Gasteiger partial charge is 0.315 e. The Morgan fingerprint density at radius 3 is 1.72 bits per heavy atom. The van der Waals surface area contributed by atoms with Gasteiger partial charge in [0.15, 0.2) is 0 Å². The van der Waals surface area contributed by atoms with Crippen molar-refractivity contribution in [2.45, 2.75) is 103 Å². The quantitative estimate of drug-likeness (QED) is 0.0667. The van der Waals surface area contributed by atoms with E-state index < -0.39 is 36.1 Å². The Morgan fingerprint density at radius 2 is 1.19 bits per heavy atom. The van der Waals surface area contributed by atoms with E-state index in [9.17, 15) is 24.0 Å². The third kappa shape index (κ3) is 18.5. The summed E-state index contributed by atoms with van der Waals surface area (Å²) in [6.45, 7) is 7.72. The number of H-pyrrole nitrogens is 1. The predicted molar refractivity (Wildman–Crippen MR) is 208 cm³/mol. The van der Waals surface area contributed by atoms with Crippen molar-refractivity contribution in [1.29, 1.82) is 0 Å². The first-order valence-corrected chi connectivity index (χ1v) is 18.9. The molecule has 17 heteroatoms. The Bertz CT molecular complexity index is 1400. The summed E-state index contributed by atoms with van der Waals surface area (Å²) >= 11 is 0. The number of fused-ring (bicyclic) bond motifs is 1. The number of benzene rings is 1. The molecule has 0 saturated carbocycles. The second-order valence-electron chi connectivity index (χ2n) is 13.6. The predicted octanol–water partition coefficient (Wildman–Crippen LogP) is 1.58. The third-order valence-electron chi connectivity index (χ3n) is 8.85. The van der Waals surface area contributed by atoms with Crippen LogP contribution in [0.3, 0.4) is 0 Å². The molecule has 1 aromatic carbocycles. The minimum absolute atomic E-state index is 0.0870. The van der Waals surface area contributed by atoms with Crippen LogP contribution >= 0.6 is 0 Å². The second-order valence-corrected chi connectivity index (χ2v) is 13.6. The molecule has 0 aliphatic carbocycles. The van der Waals surface area contributed by atoms with E-state index >= 15 is 0 Å². The molecule has 17 nitrogen and oxygen atoms in total. The maximum absolute atomic E-state index is 13.2. The van der Waals surface area contributed by atoms with Gasteiger partial charge in [0, 0.05) is 67.8 Å². The lowest BCUT2D eigenvalue weighted by molar-refractivity contribution is -0.118. The second kappa shape index (κ2) is 25.2. The van der Waals surface area contributed by atoms with Crippen molar-refractivity contribution in [1.82, 2.24) is 47.5 Å². The molecule has 0 spiro atoms. The highest BCUT2D eigenvalue weighted by Crippen LogP contribution is 2.19. The van der Waals surface area contributed by atoms with Gasteiger partial charge < -0.3 is 64.7 Å². The Morgan fingerprint density at radius 1 is 0.679 bits per heavy atom. The van der Waals surface area contributed by atoms with Crippen LogP contribution in [0.15, 0.2) is 30.5 Å². The number of carbonyl (C=O) groups is 5. The Hall–Kier alpha value is -4.77.